The molecule has 0 unspecified atom stereocenters. The van der Waals surface area contributed by atoms with Crippen LogP contribution in [0.15, 0.2) is 47.1 Å². The first-order valence-corrected chi connectivity index (χ1v) is 6.04. The molecule has 1 aromatic rings. The standard InChI is InChI=1S/C14H18ClNO2/c1-4-11(8-14(15)16-2)10-18-13-7-5-6-12(9-13)17-3/h4-9,16H,10H2,1-3H3/b11-4+,14-8-. The molecule has 0 aromatic heterocycles. The Balaban J connectivity index is 2.63. The summed E-state index contributed by atoms with van der Waals surface area (Å²) in [5, 5.41) is 3.44. The lowest BCUT2D eigenvalue weighted by Crippen LogP contribution is -2.04. The van der Waals surface area contributed by atoms with E-state index in [0.717, 1.165) is 17.1 Å². The first-order valence-electron chi connectivity index (χ1n) is 5.66. The first kappa shape index (κ1) is 14.5. The number of hydrogen-bond donors (Lipinski definition) is 1. The number of nitrogens with one attached hydrogen (secondary N) is 1. The van der Waals surface area contributed by atoms with E-state index in [1.54, 1.807) is 14.2 Å². The van der Waals surface area contributed by atoms with E-state index in [1.807, 2.05) is 43.3 Å². The van der Waals surface area contributed by atoms with Gasteiger partial charge >= 0.3 is 0 Å². The Morgan fingerprint density at radius 2 is 2.11 bits per heavy atom. The quantitative estimate of drug-likeness (QED) is 0.634. The molecule has 4 heteroatoms. The number of hydrogen-bond acceptors (Lipinski definition) is 3. The molecule has 0 heterocycles. The van der Waals surface area contributed by atoms with Gasteiger partial charge in [-0.2, -0.15) is 0 Å². The van der Waals surface area contributed by atoms with Crippen LogP contribution in [-0.4, -0.2) is 20.8 Å². The molecular formula is C14H18ClNO2. The summed E-state index contributed by atoms with van der Waals surface area (Å²) in [6, 6.07) is 7.50. The van der Waals surface area contributed by atoms with E-state index >= 15 is 0 Å². The Hall–Kier alpha value is -1.61. The van der Waals surface area contributed by atoms with Gasteiger partial charge in [-0.05, 0) is 30.7 Å². The van der Waals surface area contributed by atoms with Crippen molar-refractivity contribution < 1.29 is 9.47 Å². The maximum atomic E-state index is 5.90. The van der Waals surface area contributed by atoms with Crippen molar-refractivity contribution in [1.82, 2.24) is 5.32 Å². The van der Waals surface area contributed by atoms with Crippen LogP contribution in [0, 0.1) is 0 Å². The Morgan fingerprint density at radius 3 is 2.72 bits per heavy atom. The minimum Gasteiger partial charge on any atom is -0.497 e. The summed E-state index contributed by atoms with van der Waals surface area (Å²) in [6.07, 6.45) is 3.79. The van der Waals surface area contributed by atoms with Gasteiger partial charge in [-0.1, -0.05) is 23.7 Å². The van der Waals surface area contributed by atoms with Crippen LogP contribution in [0.5, 0.6) is 11.5 Å². The van der Waals surface area contributed by atoms with Gasteiger partial charge in [0.05, 0.1) is 7.11 Å². The van der Waals surface area contributed by atoms with E-state index in [0.29, 0.717) is 11.8 Å². The highest BCUT2D eigenvalue weighted by Crippen LogP contribution is 2.19. The van der Waals surface area contributed by atoms with Crippen LogP contribution >= 0.6 is 11.6 Å². The van der Waals surface area contributed by atoms with Crippen molar-refractivity contribution in [2.45, 2.75) is 6.92 Å². The van der Waals surface area contributed by atoms with Crippen molar-refractivity contribution in [2.75, 3.05) is 20.8 Å². The van der Waals surface area contributed by atoms with Crippen LogP contribution < -0.4 is 14.8 Å². The molecule has 18 heavy (non-hydrogen) atoms. The van der Waals surface area contributed by atoms with E-state index in [4.69, 9.17) is 21.1 Å². The minimum atomic E-state index is 0.460. The van der Waals surface area contributed by atoms with Crippen LogP contribution in [0.3, 0.4) is 0 Å². The van der Waals surface area contributed by atoms with Gasteiger partial charge in [-0.25, -0.2) is 0 Å². The highest BCUT2D eigenvalue weighted by atomic mass is 35.5. The number of benzene rings is 1. The monoisotopic (exact) mass is 267 g/mol. The molecule has 0 saturated heterocycles. The molecule has 0 aliphatic rings. The minimum absolute atomic E-state index is 0.460. The van der Waals surface area contributed by atoms with Crippen molar-refractivity contribution in [2.24, 2.45) is 0 Å². The molecule has 0 amide bonds. The Labute approximate surface area is 113 Å². The fourth-order valence-electron chi connectivity index (χ4n) is 1.30. The van der Waals surface area contributed by atoms with Crippen LogP contribution in [-0.2, 0) is 0 Å². The second-order valence-corrected chi connectivity index (χ2v) is 3.98. The zero-order valence-electron chi connectivity index (χ0n) is 10.9. The molecule has 0 saturated carbocycles. The second kappa shape index (κ2) is 7.67. The Morgan fingerprint density at radius 1 is 1.39 bits per heavy atom. The van der Waals surface area contributed by atoms with Crippen LogP contribution in [0.25, 0.3) is 0 Å². The van der Waals surface area contributed by atoms with Gasteiger partial charge in [0.1, 0.15) is 23.3 Å². The van der Waals surface area contributed by atoms with Crippen molar-refractivity contribution in [3.63, 3.8) is 0 Å². The molecule has 0 bridgehead atoms. The lowest BCUT2D eigenvalue weighted by molar-refractivity contribution is 0.350. The van der Waals surface area contributed by atoms with Gasteiger partial charge in [-0.15, -0.1) is 0 Å². The maximum Gasteiger partial charge on any atom is 0.123 e. The van der Waals surface area contributed by atoms with Crippen molar-refractivity contribution in [1.29, 1.82) is 0 Å². The second-order valence-electron chi connectivity index (χ2n) is 3.57. The number of halogens is 1. The molecule has 0 aliphatic carbocycles. The fourth-order valence-corrected chi connectivity index (χ4v) is 1.44. The van der Waals surface area contributed by atoms with Crippen LogP contribution in [0.4, 0.5) is 0 Å². The summed E-state index contributed by atoms with van der Waals surface area (Å²) in [7, 11) is 3.40. The number of rotatable bonds is 6. The first-order chi connectivity index (χ1) is 8.69. The summed E-state index contributed by atoms with van der Waals surface area (Å²) in [6.45, 7) is 2.40. The normalized spacial score (nSPS) is 12.2. The molecule has 1 rings (SSSR count). The van der Waals surface area contributed by atoms with Gasteiger partial charge < -0.3 is 14.8 Å². The molecule has 98 valence electrons. The van der Waals surface area contributed by atoms with Crippen molar-refractivity contribution in [3.8, 4) is 11.5 Å². The summed E-state index contributed by atoms with van der Waals surface area (Å²) < 4.78 is 10.8. The summed E-state index contributed by atoms with van der Waals surface area (Å²) in [5.74, 6) is 1.54. The lowest BCUT2D eigenvalue weighted by atomic mass is 10.2. The molecule has 1 aromatic carbocycles. The van der Waals surface area contributed by atoms with Gasteiger partial charge in [-0.3, -0.25) is 0 Å². The van der Waals surface area contributed by atoms with Crippen LogP contribution in [0.1, 0.15) is 6.92 Å². The largest absolute Gasteiger partial charge is 0.497 e. The SMILES string of the molecule is C/C=C(\C=C(\Cl)NC)COc1cccc(OC)c1. The highest BCUT2D eigenvalue weighted by Gasteiger charge is 1.99. The zero-order chi connectivity index (χ0) is 13.4. The predicted molar refractivity (Wildman–Crippen MR) is 75.2 cm³/mol. The van der Waals surface area contributed by atoms with Crippen molar-refractivity contribution in [3.05, 3.63) is 47.1 Å². The Kier molecular flexibility index (Phi) is 6.15. The predicted octanol–water partition coefficient (Wildman–Crippen LogP) is 3.32. The summed E-state index contributed by atoms with van der Waals surface area (Å²) in [5.41, 5.74) is 0.997. The number of allylic oxidation sites excluding steroid dienone is 1. The lowest BCUT2D eigenvalue weighted by Gasteiger charge is -2.08. The molecule has 1 N–H and O–H groups in total. The van der Waals surface area contributed by atoms with Gasteiger partial charge in [0.15, 0.2) is 0 Å². The fraction of sp³-hybridized carbons (Fsp3) is 0.286. The van der Waals surface area contributed by atoms with E-state index in [2.05, 4.69) is 5.32 Å². The molecule has 0 spiro atoms. The third-order valence-electron chi connectivity index (χ3n) is 2.37. The van der Waals surface area contributed by atoms with Gasteiger partial charge in [0.25, 0.3) is 0 Å². The average Bonchev–Trinajstić information content (AvgIpc) is 2.43. The van der Waals surface area contributed by atoms with E-state index in [1.165, 1.54) is 0 Å². The van der Waals surface area contributed by atoms with Gasteiger partial charge in [0.2, 0.25) is 0 Å². The number of methoxy groups -OCH3 is 1. The molecule has 0 radical (unpaired) electrons. The molecule has 3 nitrogen and oxygen atoms in total. The topological polar surface area (TPSA) is 30.5 Å². The summed E-state index contributed by atoms with van der Waals surface area (Å²) >= 11 is 5.90. The Bertz CT molecular complexity index is 441. The van der Waals surface area contributed by atoms with Crippen molar-refractivity contribution >= 4 is 11.6 Å². The smallest absolute Gasteiger partial charge is 0.123 e. The highest BCUT2D eigenvalue weighted by molar-refractivity contribution is 6.29. The summed E-state index contributed by atoms with van der Waals surface area (Å²) in [4.78, 5) is 0. The van der Waals surface area contributed by atoms with E-state index in [9.17, 15) is 0 Å². The zero-order valence-corrected chi connectivity index (χ0v) is 11.6. The van der Waals surface area contributed by atoms with Gasteiger partial charge in [0, 0.05) is 13.1 Å². The van der Waals surface area contributed by atoms with E-state index < -0.39 is 0 Å². The number of ether oxygens (including phenoxy) is 2. The molecular weight excluding hydrogens is 250 g/mol. The third-order valence-corrected chi connectivity index (χ3v) is 2.67. The third kappa shape index (κ3) is 4.72. The molecule has 0 atom stereocenters. The average molecular weight is 268 g/mol. The maximum absolute atomic E-state index is 5.90. The van der Waals surface area contributed by atoms with E-state index in [-0.39, 0.29) is 0 Å². The molecule has 0 fully saturated rings. The van der Waals surface area contributed by atoms with Crippen LogP contribution in [0.2, 0.25) is 0 Å². The molecule has 0 aliphatic heterocycles.